The van der Waals surface area contributed by atoms with E-state index < -0.39 is 0 Å². The molecule has 0 aromatic carbocycles. The molecule has 1 aromatic heterocycles. The van der Waals surface area contributed by atoms with Crippen LogP contribution in [0, 0.1) is 0 Å². The van der Waals surface area contributed by atoms with Gasteiger partial charge in [-0.2, -0.15) is 0 Å². The van der Waals surface area contributed by atoms with E-state index in [9.17, 15) is 0 Å². The van der Waals surface area contributed by atoms with Gasteiger partial charge in [0.25, 0.3) is 0 Å². The topological polar surface area (TPSA) is 24.9 Å². The van der Waals surface area contributed by atoms with E-state index in [1.807, 2.05) is 12.4 Å². The second kappa shape index (κ2) is 3.29. The Morgan fingerprint density at radius 1 is 1.89 bits per heavy atom. The first-order valence-electron chi connectivity index (χ1n) is 2.57. The van der Waals surface area contributed by atoms with Crippen LogP contribution in [0.3, 0.4) is 0 Å². The van der Waals surface area contributed by atoms with Crippen LogP contribution < -0.4 is 5.32 Å². The minimum absolute atomic E-state index is 0.849. The highest BCUT2D eigenvalue weighted by Crippen LogP contribution is 2.15. The molecule has 1 rings (SSSR count). The van der Waals surface area contributed by atoms with Crippen molar-refractivity contribution in [2.45, 2.75) is 6.54 Å². The molecule has 0 saturated carbocycles. The number of thiazole rings is 1. The van der Waals surface area contributed by atoms with E-state index in [-0.39, 0.29) is 0 Å². The molecule has 2 nitrogen and oxygen atoms in total. The average Bonchev–Trinajstić information content (AvgIpc) is 2.17. The fourth-order valence-electron chi connectivity index (χ4n) is 0.545. The first-order chi connectivity index (χ1) is 4.33. The first kappa shape index (κ1) is 7.18. The minimum Gasteiger partial charge on any atom is -0.314 e. The number of nitrogens with zero attached hydrogens (tertiary/aromatic N) is 1. The van der Waals surface area contributed by atoms with Crippen molar-refractivity contribution >= 4 is 27.3 Å². The molecular weight excluding hydrogens is 200 g/mol. The van der Waals surface area contributed by atoms with Crippen LogP contribution in [0.5, 0.6) is 0 Å². The molecule has 0 saturated heterocycles. The van der Waals surface area contributed by atoms with Gasteiger partial charge in [0.15, 0.2) is 3.92 Å². The van der Waals surface area contributed by atoms with Crippen LogP contribution in [-0.4, -0.2) is 12.0 Å². The lowest BCUT2D eigenvalue weighted by molar-refractivity contribution is 0.796. The number of rotatable bonds is 2. The fraction of sp³-hybridized carbons (Fsp3) is 0.400. The van der Waals surface area contributed by atoms with E-state index in [2.05, 4.69) is 26.2 Å². The summed E-state index contributed by atoms with van der Waals surface area (Å²) in [5, 5.41) is 5.05. The summed E-state index contributed by atoms with van der Waals surface area (Å²) in [6, 6.07) is 0. The van der Waals surface area contributed by atoms with E-state index in [1.165, 1.54) is 0 Å². The quantitative estimate of drug-likeness (QED) is 0.797. The number of aromatic nitrogens is 1. The molecule has 0 amide bonds. The predicted molar refractivity (Wildman–Crippen MR) is 42.6 cm³/mol. The summed E-state index contributed by atoms with van der Waals surface area (Å²) in [6.45, 7) is 0.849. The average molecular weight is 207 g/mol. The molecule has 50 valence electrons. The van der Waals surface area contributed by atoms with Gasteiger partial charge in [0.1, 0.15) is 0 Å². The second-order valence-electron chi connectivity index (χ2n) is 1.62. The Bertz CT molecular complexity index is 187. The molecule has 1 aromatic rings. The Kier molecular flexibility index (Phi) is 2.63. The van der Waals surface area contributed by atoms with Crippen LogP contribution in [0.25, 0.3) is 0 Å². The van der Waals surface area contributed by atoms with Crippen LogP contribution in [-0.2, 0) is 6.54 Å². The molecule has 0 aliphatic heterocycles. The van der Waals surface area contributed by atoms with Crippen LogP contribution in [0.4, 0.5) is 0 Å². The minimum atomic E-state index is 0.849. The van der Waals surface area contributed by atoms with Crippen molar-refractivity contribution in [3.05, 3.63) is 15.0 Å². The Hall–Kier alpha value is 0.0700. The lowest BCUT2D eigenvalue weighted by Gasteiger charge is -1.88. The Morgan fingerprint density at radius 3 is 3.11 bits per heavy atom. The first-order valence-corrected chi connectivity index (χ1v) is 4.24. The van der Waals surface area contributed by atoms with E-state index >= 15 is 0 Å². The molecule has 0 fully saturated rings. The van der Waals surface area contributed by atoms with Gasteiger partial charge in [-0.3, -0.25) is 0 Å². The van der Waals surface area contributed by atoms with Crippen molar-refractivity contribution in [1.29, 1.82) is 0 Å². The van der Waals surface area contributed by atoms with Gasteiger partial charge in [-0.15, -0.1) is 11.3 Å². The van der Waals surface area contributed by atoms with Crippen LogP contribution >= 0.6 is 27.3 Å². The molecule has 0 aliphatic carbocycles. The smallest absolute Gasteiger partial charge is 0.159 e. The summed E-state index contributed by atoms with van der Waals surface area (Å²) in [7, 11) is 1.91. The van der Waals surface area contributed by atoms with Gasteiger partial charge in [-0.05, 0) is 23.0 Å². The molecule has 0 bridgehead atoms. The van der Waals surface area contributed by atoms with E-state index in [1.54, 1.807) is 11.3 Å². The number of hydrogen-bond donors (Lipinski definition) is 1. The van der Waals surface area contributed by atoms with Crippen LogP contribution in [0.15, 0.2) is 9.30 Å². The largest absolute Gasteiger partial charge is 0.314 e. The molecule has 0 aliphatic rings. The maximum Gasteiger partial charge on any atom is 0.159 e. The zero-order valence-electron chi connectivity index (χ0n) is 5.02. The van der Waals surface area contributed by atoms with Crippen molar-refractivity contribution in [3.8, 4) is 0 Å². The third-order valence-electron chi connectivity index (χ3n) is 0.882. The normalized spacial score (nSPS) is 10.0. The second-order valence-corrected chi connectivity index (χ2v) is 3.76. The third kappa shape index (κ3) is 2.04. The molecule has 1 N–H and O–H groups in total. The highest BCUT2D eigenvalue weighted by atomic mass is 79.9. The van der Waals surface area contributed by atoms with E-state index in [4.69, 9.17) is 0 Å². The van der Waals surface area contributed by atoms with Gasteiger partial charge >= 0.3 is 0 Å². The van der Waals surface area contributed by atoms with Crippen molar-refractivity contribution in [3.63, 3.8) is 0 Å². The summed E-state index contributed by atoms with van der Waals surface area (Å²) in [6.07, 6.45) is 0. The van der Waals surface area contributed by atoms with E-state index in [0.29, 0.717) is 0 Å². The summed E-state index contributed by atoms with van der Waals surface area (Å²) in [5.41, 5.74) is 1.09. The van der Waals surface area contributed by atoms with Gasteiger partial charge in [0, 0.05) is 11.9 Å². The Morgan fingerprint density at radius 2 is 2.67 bits per heavy atom. The number of nitrogens with one attached hydrogen (secondary N) is 1. The third-order valence-corrected chi connectivity index (χ3v) is 2.30. The summed E-state index contributed by atoms with van der Waals surface area (Å²) < 4.78 is 0.952. The Balaban J connectivity index is 2.61. The van der Waals surface area contributed by atoms with Crippen LogP contribution in [0.1, 0.15) is 5.69 Å². The van der Waals surface area contributed by atoms with Crippen molar-refractivity contribution in [2.24, 2.45) is 0 Å². The molecule has 0 radical (unpaired) electrons. The van der Waals surface area contributed by atoms with Crippen LogP contribution in [0.2, 0.25) is 0 Å². The molecule has 1 heterocycles. The van der Waals surface area contributed by atoms with Gasteiger partial charge in [0.2, 0.25) is 0 Å². The lowest BCUT2D eigenvalue weighted by atomic mass is 10.5. The van der Waals surface area contributed by atoms with Gasteiger partial charge < -0.3 is 5.32 Å². The highest BCUT2D eigenvalue weighted by molar-refractivity contribution is 9.11. The molecule has 4 heteroatoms. The SMILES string of the molecule is CNCc1csc(Br)n1. The van der Waals surface area contributed by atoms with Gasteiger partial charge in [-0.1, -0.05) is 0 Å². The standard InChI is InChI=1S/C5H7BrN2S/c1-7-2-4-3-9-5(6)8-4/h3,7H,2H2,1H3. The highest BCUT2D eigenvalue weighted by Gasteiger charge is 1.94. The van der Waals surface area contributed by atoms with Crippen molar-refractivity contribution in [1.82, 2.24) is 10.3 Å². The summed E-state index contributed by atoms with van der Waals surface area (Å²) >= 11 is 4.89. The van der Waals surface area contributed by atoms with Gasteiger partial charge in [0.05, 0.1) is 5.69 Å². The van der Waals surface area contributed by atoms with Crippen molar-refractivity contribution in [2.75, 3.05) is 7.05 Å². The number of halogens is 1. The predicted octanol–water partition coefficient (Wildman–Crippen LogP) is 1.62. The monoisotopic (exact) mass is 206 g/mol. The lowest BCUT2D eigenvalue weighted by Crippen LogP contribution is -2.04. The molecule has 9 heavy (non-hydrogen) atoms. The maximum absolute atomic E-state index is 4.17. The summed E-state index contributed by atoms with van der Waals surface area (Å²) in [4.78, 5) is 4.17. The van der Waals surface area contributed by atoms with Crippen molar-refractivity contribution < 1.29 is 0 Å². The zero-order chi connectivity index (χ0) is 6.69. The molecule has 0 spiro atoms. The number of hydrogen-bond acceptors (Lipinski definition) is 3. The Labute approximate surface area is 66.4 Å². The van der Waals surface area contributed by atoms with Gasteiger partial charge in [-0.25, -0.2) is 4.98 Å². The zero-order valence-corrected chi connectivity index (χ0v) is 7.42. The summed E-state index contributed by atoms with van der Waals surface area (Å²) in [5.74, 6) is 0. The molecular formula is C5H7BrN2S. The fourth-order valence-corrected chi connectivity index (χ4v) is 1.59. The molecule has 0 unspecified atom stereocenters. The van der Waals surface area contributed by atoms with E-state index in [0.717, 1.165) is 16.2 Å². The maximum atomic E-state index is 4.17. The molecule has 0 atom stereocenters.